The second-order valence-electron chi connectivity index (χ2n) is 5.98. The van der Waals surface area contributed by atoms with Crippen LogP contribution < -0.4 is 16.0 Å². The van der Waals surface area contributed by atoms with E-state index >= 15 is 0 Å². The summed E-state index contributed by atoms with van der Waals surface area (Å²) in [6.45, 7) is 6.96. The summed E-state index contributed by atoms with van der Waals surface area (Å²) >= 11 is 0. The molecule has 5 heteroatoms. The lowest BCUT2D eigenvalue weighted by Crippen LogP contribution is -2.20. The van der Waals surface area contributed by atoms with Crippen LogP contribution in [0.4, 0.5) is 28.7 Å². The predicted molar refractivity (Wildman–Crippen MR) is 105 cm³/mol. The van der Waals surface area contributed by atoms with Crippen molar-refractivity contribution in [2.75, 3.05) is 22.5 Å². The van der Waals surface area contributed by atoms with E-state index in [0.717, 1.165) is 23.5 Å². The molecule has 0 bridgehead atoms. The molecule has 0 unspecified atom stereocenters. The molecule has 0 saturated heterocycles. The third kappa shape index (κ3) is 3.55. The van der Waals surface area contributed by atoms with Crippen LogP contribution in [0.5, 0.6) is 0 Å². The number of nitrogen functional groups attached to an aromatic ring is 1. The molecule has 0 spiro atoms. The van der Waals surface area contributed by atoms with Crippen molar-refractivity contribution in [1.29, 1.82) is 0 Å². The van der Waals surface area contributed by atoms with E-state index in [-0.39, 0.29) is 0 Å². The molecule has 0 aliphatic rings. The lowest BCUT2D eigenvalue weighted by atomic mass is 10.2. The van der Waals surface area contributed by atoms with Gasteiger partial charge < -0.3 is 16.0 Å². The lowest BCUT2D eigenvalue weighted by molar-refractivity contribution is 0.979. The maximum atomic E-state index is 6.40. The molecule has 0 saturated carbocycles. The fourth-order valence-electron chi connectivity index (χ4n) is 2.79. The highest BCUT2D eigenvalue weighted by atomic mass is 15.2. The van der Waals surface area contributed by atoms with Gasteiger partial charge in [0, 0.05) is 17.9 Å². The highest BCUT2D eigenvalue weighted by Crippen LogP contribution is 2.33. The van der Waals surface area contributed by atoms with E-state index in [2.05, 4.69) is 52.2 Å². The Balaban J connectivity index is 1.99. The summed E-state index contributed by atoms with van der Waals surface area (Å²) in [5, 5.41) is 3.32. The highest BCUT2D eigenvalue weighted by Gasteiger charge is 2.16. The van der Waals surface area contributed by atoms with Gasteiger partial charge >= 0.3 is 0 Å². The Hall–Kier alpha value is -3.08. The maximum absolute atomic E-state index is 6.40. The second-order valence-corrected chi connectivity index (χ2v) is 5.98. The van der Waals surface area contributed by atoms with Crippen LogP contribution in [-0.4, -0.2) is 16.5 Å². The Labute approximate surface area is 148 Å². The number of nitrogens with two attached hydrogens (primary N) is 1. The number of hydrogen-bond acceptors (Lipinski definition) is 5. The van der Waals surface area contributed by atoms with Crippen LogP contribution >= 0.6 is 0 Å². The molecule has 2 aromatic carbocycles. The number of rotatable bonds is 5. The molecule has 0 fully saturated rings. The van der Waals surface area contributed by atoms with Gasteiger partial charge in [0.15, 0.2) is 11.6 Å². The number of anilines is 5. The van der Waals surface area contributed by atoms with E-state index < -0.39 is 0 Å². The largest absolute Gasteiger partial charge is 0.393 e. The summed E-state index contributed by atoms with van der Waals surface area (Å²) in [6.07, 6.45) is 1.55. The van der Waals surface area contributed by atoms with Crippen molar-refractivity contribution in [3.8, 4) is 0 Å². The number of aryl methyl sites for hydroxylation is 2. The number of para-hydroxylation sites is 1. The van der Waals surface area contributed by atoms with Gasteiger partial charge in [-0.1, -0.05) is 30.3 Å². The highest BCUT2D eigenvalue weighted by molar-refractivity contribution is 5.81. The lowest BCUT2D eigenvalue weighted by Gasteiger charge is -2.24. The Bertz CT molecular complexity index is 875. The predicted octanol–water partition coefficient (Wildman–Crippen LogP) is 4.58. The van der Waals surface area contributed by atoms with Crippen molar-refractivity contribution in [2.24, 2.45) is 0 Å². The zero-order valence-corrected chi connectivity index (χ0v) is 14.8. The third-order valence-electron chi connectivity index (χ3n) is 4.15. The standard InChI is InChI=1S/C20H23N5/c1-4-25(16-10-7-8-14(2)12-16)20-18(21)19(22-13-23-20)24-17-11-6-5-9-15(17)3/h5-13H,4,21H2,1-3H3,(H,22,23,24). The minimum atomic E-state index is 0.536. The van der Waals surface area contributed by atoms with Crippen LogP contribution in [0.2, 0.25) is 0 Å². The summed E-state index contributed by atoms with van der Waals surface area (Å²) in [5.74, 6) is 1.32. The number of nitrogens with zero attached hydrogens (tertiary/aromatic N) is 3. The van der Waals surface area contributed by atoms with Gasteiger partial charge in [0.1, 0.15) is 12.0 Å². The van der Waals surface area contributed by atoms with Crippen LogP contribution in [0.25, 0.3) is 0 Å². The first-order valence-corrected chi connectivity index (χ1v) is 8.37. The fourth-order valence-corrected chi connectivity index (χ4v) is 2.79. The Morgan fingerprint density at radius 2 is 1.84 bits per heavy atom. The molecule has 0 amide bonds. The Morgan fingerprint density at radius 3 is 2.56 bits per heavy atom. The van der Waals surface area contributed by atoms with Gasteiger partial charge in [0.25, 0.3) is 0 Å². The summed E-state index contributed by atoms with van der Waals surface area (Å²) in [6, 6.07) is 16.3. The Kier molecular flexibility index (Phi) is 4.84. The first kappa shape index (κ1) is 16.8. The summed E-state index contributed by atoms with van der Waals surface area (Å²) < 4.78 is 0. The minimum Gasteiger partial charge on any atom is -0.393 e. The van der Waals surface area contributed by atoms with Crippen molar-refractivity contribution in [3.63, 3.8) is 0 Å². The SMILES string of the molecule is CCN(c1cccc(C)c1)c1ncnc(Nc2ccccc2C)c1N. The van der Waals surface area contributed by atoms with E-state index in [1.54, 1.807) is 6.33 Å². The quantitative estimate of drug-likeness (QED) is 0.715. The van der Waals surface area contributed by atoms with Crippen LogP contribution in [0.3, 0.4) is 0 Å². The molecule has 3 aromatic rings. The third-order valence-corrected chi connectivity index (χ3v) is 4.15. The van der Waals surface area contributed by atoms with Crippen molar-refractivity contribution < 1.29 is 0 Å². The Morgan fingerprint density at radius 1 is 1.04 bits per heavy atom. The van der Waals surface area contributed by atoms with Crippen molar-refractivity contribution in [2.45, 2.75) is 20.8 Å². The second kappa shape index (κ2) is 7.21. The molecule has 1 aromatic heterocycles. The summed E-state index contributed by atoms with van der Waals surface area (Å²) in [7, 11) is 0. The monoisotopic (exact) mass is 333 g/mol. The molecule has 128 valence electrons. The molecule has 3 N–H and O–H groups in total. The summed E-state index contributed by atoms with van der Waals surface area (Å²) in [4.78, 5) is 10.8. The molecular weight excluding hydrogens is 310 g/mol. The van der Waals surface area contributed by atoms with Crippen LogP contribution in [0, 0.1) is 13.8 Å². The number of hydrogen-bond donors (Lipinski definition) is 2. The fraction of sp³-hybridized carbons (Fsp3) is 0.200. The van der Waals surface area contributed by atoms with Crippen LogP contribution in [-0.2, 0) is 0 Å². The average Bonchev–Trinajstić information content (AvgIpc) is 2.61. The van der Waals surface area contributed by atoms with E-state index in [1.165, 1.54) is 5.56 Å². The first-order chi connectivity index (χ1) is 12.1. The van der Waals surface area contributed by atoms with Gasteiger partial charge in [-0.15, -0.1) is 0 Å². The zero-order valence-electron chi connectivity index (χ0n) is 14.8. The van der Waals surface area contributed by atoms with E-state index in [4.69, 9.17) is 5.73 Å². The molecule has 0 radical (unpaired) electrons. The van der Waals surface area contributed by atoms with Gasteiger partial charge in [0.05, 0.1) is 0 Å². The normalized spacial score (nSPS) is 10.5. The van der Waals surface area contributed by atoms with E-state index in [1.807, 2.05) is 37.3 Å². The summed E-state index contributed by atoms with van der Waals surface area (Å²) in [5.41, 5.74) is 11.3. The van der Waals surface area contributed by atoms with Gasteiger partial charge in [-0.3, -0.25) is 0 Å². The molecule has 25 heavy (non-hydrogen) atoms. The molecule has 1 heterocycles. The van der Waals surface area contributed by atoms with Crippen molar-refractivity contribution in [1.82, 2.24) is 9.97 Å². The van der Waals surface area contributed by atoms with Gasteiger partial charge in [-0.2, -0.15) is 0 Å². The number of nitrogens with one attached hydrogen (secondary N) is 1. The van der Waals surface area contributed by atoms with E-state index in [9.17, 15) is 0 Å². The smallest absolute Gasteiger partial charge is 0.161 e. The first-order valence-electron chi connectivity index (χ1n) is 8.37. The topological polar surface area (TPSA) is 67.1 Å². The van der Waals surface area contributed by atoms with Gasteiger partial charge in [-0.05, 0) is 50.1 Å². The average molecular weight is 333 g/mol. The molecule has 5 nitrogen and oxygen atoms in total. The van der Waals surface area contributed by atoms with Crippen LogP contribution in [0.15, 0.2) is 54.9 Å². The molecule has 0 atom stereocenters. The maximum Gasteiger partial charge on any atom is 0.161 e. The van der Waals surface area contributed by atoms with Gasteiger partial charge in [0.2, 0.25) is 0 Å². The number of aromatic nitrogens is 2. The van der Waals surface area contributed by atoms with E-state index in [0.29, 0.717) is 17.3 Å². The molecule has 0 aliphatic heterocycles. The van der Waals surface area contributed by atoms with Crippen molar-refractivity contribution >= 4 is 28.7 Å². The van der Waals surface area contributed by atoms with Crippen LogP contribution in [0.1, 0.15) is 18.1 Å². The molecule has 0 aliphatic carbocycles. The minimum absolute atomic E-state index is 0.536. The molecular formula is C20H23N5. The molecule has 3 rings (SSSR count). The van der Waals surface area contributed by atoms with Crippen molar-refractivity contribution in [3.05, 3.63) is 66.0 Å². The van der Waals surface area contributed by atoms with Gasteiger partial charge in [-0.25, -0.2) is 9.97 Å². The zero-order chi connectivity index (χ0) is 17.8. The number of benzene rings is 2.